The number of rotatable bonds is 5. The summed E-state index contributed by atoms with van der Waals surface area (Å²) in [6.07, 6.45) is 6.16. The minimum atomic E-state index is 0.684. The maximum Gasteiger partial charge on any atom is 0.217 e. The van der Waals surface area contributed by atoms with E-state index >= 15 is 0 Å². The van der Waals surface area contributed by atoms with E-state index in [2.05, 4.69) is 36.4 Å². The minimum Gasteiger partial charge on any atom is -0.338 e. The number of guanidine groups is 1. The average Bonchev–Trinajstić information content (AvgIpc) is 2.36. The van der Waals surface area contributed by atoms with Gasteiger partial charge < -0.3 is 4.90 Å². The first-order valence-corrected chi connectivity index (χ1v) is 6.51. The first-order valence-electron chi connectivity index (χ1n) is 6.51. The van der Waals surface area contributed by atoms with Crippen molar-refractivity contribution in [1.82, 2.24) is 9.91 Å². The standard InChI is InChI=1S/C14H24N4/c1-6-9-12(8-3)13-11-17(5)14(15-4)18(16-13)10-7-2/h7,9H,2,6,8,10-11H2,1,3-5H3/b12-9+,15-14-. The van der Waals surface area contributed by atoms with Crippen molar-refractivity contribution in [3.63, 3.8) is 0 Å². The Morgan fingerprint density at radius 2 is 2.22 bits per heavy atom. The first-order chi connectivity index (χ1) is 8.67. The van der Waals surface area contributed by atoms with Gasteiger partial charge in [-0.1, -0.05) is 26.0 Å². The fourth-order valence-corrected chi connectivity index (χ4v) is 2.12. The summed E-state index contributed by atoms with van der Waals surface area (Å²) >= 11 is 0. The van der Waals surface area contributed by atoms with E-state index in [9.17, 15) is 0 Å². The maximum absolute atomic E-state index is 4.70. The number of allylic oxidation sites excluding steroid dienone is 1. The second kappa shape index (κ2) is 6.99. The lowest BCUT2D eigenvalue weighted by Gasteiger charge is -2.34. The summed E-state index contributed by atoms with van der Waals surface area (Å²) in [6.45, 7) is 9.61. The van der Waals surface area contributed by atoms with E-state index in [0.29, 0.717) is 6.54 Å². The summed E-state index contributed by atoms with van der Waals surface area (Å²) in [5.41, 5.74) is 2.46. The molecule has 0 amide bonds. The lowest BCUT2D eigenvalue weighted by atomic mass is 10.1. The van der Waals surface area contributed by atoms with Crippen molar-refractivity contribution in [3.8, 4) is 0 Å². The Kier molecular flexibility index (Phi) is 5.62. The normalized spacial score (nSPS) is 19.2. The van der Waals surface area contributed by atoms with Crippen molar-refractivity contribution in [2.45, 2.75) is 26.7 Å². The molecule has 1 rings (SSSR count). The zero-order chi connectivity index (χ0) is 13.5. The van der Waals surface area contributed by atoms with Crippen LogP contribution >= 0.6 is 0 Å². The van der Waals surface area contributed by atoms with Crippen LogP contribution in [0.2, 0.25) is 0 Å². The lowest BCUT2D eigenvalue weighted by molar-refractivity contribution is 0.378. The fourth-order valence-electron chi connectivity index (χ4n) is 2.12. The quantitative estimate of drug-likeness (QED) is 0.700. The van der Waals surface area contributed by atoms with E-state index in [1.807, 2.05) is 18.1 Å². The summed E-state index contributed by atoms with van der Waals surface area (Å²) in [5.74, 6) is 0.894. The van der Waals surface area contributed by atoms with E-state index in [0.717, 1.165) is 31.1 Å². The van der Waals surface area contributed by atoms with E-state index < -0.39 is 0 Å². The molecule has 4 heteroatoms. The molecule has 0 saturated heterocycles. The first kappa shape index (κ1) is 14.5. The Labute approximate surface area is 110 Å². The Balaban J connectivity index is 3.06. The lowest BCUT2D eigenvalue weighted by Crippen LogP contribution is -2.47. The molecule has 0 bridgehead atoms. The highest BCUT2D eigenvalue weighted by Crippen LogP contribution is 2.14. The van der Waals surface area contributed by atoms with Crippen molar-refractivity contribution < 1.29 is 0 Å². The molecular formula is C14H24N4. The van der Waals surface area contributed by atoms with Crippen LogP contribution in [0.5, 0.6) is 0 Å². The molecule has 0 saturated carbocycles. The minimum absolute atomic E-state index is 0.684. The van der Waals surface area contributed by atoms with Gasteiger partial charge in [0, 0.05) is 14.1 Å². The second-order valence-electron chi connectivity index (χ2n) is 4.29. The Bertz CT molecular complexity index is 379. The third-order valence-corrected chi connectivity index (χ3v) is 2.90. The second-order valence-corrected chi connectivity index (χ2v) is 4.29. The Hall–Kier alpha value is -1.58. The molecule has 1 aliphatic heterocycles. The maximum atomic E-state index is 4.70. The Morgan fingerprint density at radius 3 is 2.72 bits per heavy atom. The van der Waals surface area contributed by atoms with Gasteiger partial charge >= 0.3 is 0 Å². The molecule has 0 aromatic heterocycles. The molecular weight excluding hydrogens is 224 g/mol. The molecule has 0 atom stereocenters. The van der Waals surface area contributed by atoms with Crippen LogP contribution in [0.1, 0.15) is 26.7 Å². The van der Waals surface area contributed by atoms with E-state index in [-0.39, 0.29) is 0 Å². The molecule has 18 heavy (non-hydrogen) atoms. The van der Waals surface area contributed by atoms with Gasteiger partial charge in [-0.3, -0.25) is 4.99 Å². The van der Waals surface area contributed by atoms with Crippen LogP contribution in [0, 0.1) is 0 Å². The highest BCUT2D eigenvalue weighted by Gasteiger charge is 2.22. The summed E-state index contributed by atoms with van der Waals surface area (Å²) in [6, 6.07) is 0. The highest BCUT2D eigenvalue weighted by molar-refractivity contribution is 6.05. The SMILES string of the molecule is C=CCN1N=C(/C(=C/CC)CC)CN(C)/C1=N/C. The highest BCUT2D eigenvalue weighted by atomic mass is 15.6. The van der Waals surface area contributed by atoms with Crippen LogP contribution in [-0.2, 0) is 0 Å². The van der Waals surface area contributed by atoms with Crippen molar-refractivity contribution in [2.24, 2.45) is 10.1 Å². The molecule has 0 fully saturated rings. The molecule has 0 radical (unpaired) electrons. The van der Waals surface area contributed by atoms with Crippen LogP contribution in [0.4, 0.5) is 0 Å². The van der Waals surface area contributed by atoms with Gasteiger partial charge in [-0.15, -0.1) is 6.58 Å². The third kappa shape index (κ3) is 3.22. The van der Waals surface area contributed by atoms with Crippen molar-refractivity contribution >= 4 is 11.7 Å². The predicted molar refractivity (Wildman–Crippen MR) is 79.0 cm³/mol. The topological polar surface area (TPSA) is 31.2 Å². The largest absolute Gasteiger partial charge is 0.338 e. The summed E-state index contributed by atoms with van der Waals surface area (Å²) in [7, 11) is 3.84. The van der Waals surface area contributed by atoms with Crippen molar-refractivity contribution in [1.29, 1.82) is 0 Å². The fraction of sp³-hybridized carbons (Fsp3) is 0.571. The van der Waals surface area contributed by atoms with Crippen LogP contribution in [0.25, 0.3) is 0 Å². The number of aliphatic imine (C=N–C) groups is 1. The number of hydrogen-bond acceptors (Lipinski definition) is 2. The van der Waals surface area contributed by atoms with Crippen LogP contribution in [0.15, 0.2) is 34.4 Å². The molecule has 0 aromatic carbocycles. The average molecular weight is 248 g/mol. The molecule has 0 N–H and O–H groups in total. The number of nitrogens with zero attached hydrogens (tertiary/aromatic N) is 4. The van der Waals surface area contributed by atoms with Crippen molar-refractivity contribution in [2.75, 3.05) is 27.2 Å². The summed E-state index contributed by atoms with van der Waals surface area (Å²) in [4.78, 5) is 6.42. The van der Waals surface area contributed by atoms with Gasteiger partial charge in [0.05, 0.1) is 18.8 Å². The molecule has 1 aliphatic rings. The van der Waals surface area contributed by atoms with Crippen LogP contribution in [0.3, 0.4) is 0 Å². The smallest absolute Gasteiger partial charge is 0.217 e. The van der Waals surface area contributed by atoms with Gasteiger partial charge in [0.1, 0.15) is 0 Å². The predicted octanol–water partition coefficient (Wildman–Crippen LogP) is 2.51. The van der Waals surface area contributed by atoms with Gasteiger partial charge in [0.25, 0.3) is 0 Å². The molecule has 100 valence electrons. The van der Waals surface area contributed by atoms with Gasteiger partial charge in [-0.2, -0.15) is 5.10 Å². The number of hydrogen-bond donors (Lipinski definition) is 0. The molecule has 0 spiro atoms. The monoisotopic (exact) mass is 248 g/mol. The Morgan fingerprint density at radius 1 is 1.50 bits per heavy atom. The molecule has 0 aliphatic carbocycles. The van der Waals surface area contributed by atoms with E-state index in [1.165, 1.54) is 5.57 Å². The van der Waals surface area contributed by atoms with Gasteiger partial charge in [0.2, 0.25) is 5.96 Å². The molecule has 0 aromatic rings. The van der Waals surface area contributed by atoms with Gasteiger partial charge in [0.15, 0.2) is 0 Å². The van der Waals surface area contributed by atoms with E-state index in [4.69, 9.17) is 5.10 Å². The number of hydrazone groups is 1. The molecule has 0 unspecified atom stereocenters. The van der Waals surface area contributed by atoms with Crippen LogP contribution < -0.4 is 0 Å². The van der Waals surface area contributed by atoms with Gasteiger partial charge in [-0.05, 0) is 18.4 Å². The third-order valence-electron chi connectivity index (χ3n) is 2.90. The summed E-state index contributed by atoms with van der Waals surface area (Å²) < 4.78 is 0. The summed E-state index contributed by atoms with van der Waals surface area (Å²) in [5, 5.41) is 6.61. The van der Waals surface area contributed by atoms with Crippen LogP contribution in [-0.4, -0.2) is 48.8 Å². The zero-order valence-electron chi connectivity index (χ0n) is 12.0. The van der Waals surface area contributed by atoms with Gasteiger partial charge in [-0.25, -0.2) is 5.01 Å². The van der Waals surface area contributed by atoms with E-state index in [1.54, 1.807) is 7.05 Å². The molecule has 4 nitrogen and oxygen atoms in total. The zero-order valence-corrected chi connectivity index (χ0v) is 12.0. The van der Waals surface area contributed by atoms with Crippen molar-refractivity contribution in [3.05, 3.63) is 24.3 Å². The molecule has 1 heterocycles.